The molecular weight excluding hydrogens is 364 g/mol. The first kappa shape index (κ1) is 19.1. The summed E-state index contributed by atoms with van der Waals surface area (Å²) in [6.07, 6.45) is -3.35. The summed E-state index contributed by atoms with van der Waals surface area (Å²) in [4.78, 5) is 2.70. The van der Waals surface area contributed by atoms with Crippen LogP contribution in [0.2, 0.25) is 0 Å². The molecule has 2 rings (SSSR count). The van der Waals surface area contributed by atoms with Gasteiger partial charge in [0, 0.05) is 13.2 Å². The second-order valence-electron chi connectivity index (χ2n) is 5.08. The van der Waals surface area contributed by atoms with Gasteiger partial charge >= 0.3 is 6.18 Å². The van der Waals surface area contributed by atoms with Crippen LogP contribution >= 0.6 is 0 Å². The Bertz CT molecular complexity index is 839. The zero-order valence-corrected chi connectivity index (χ0v) is 14.0. The molecule has 10 heteroatoms. The predicted molar refractivity (Wildman–Crippen MR) is 80.9 cm³/mol. The molecule has 0 bridgehead atoms. The van der Waals surface area contributed by atoms with Crippen molar-refractivity contribution in [2.24, 2.45) is 0 Å². The Kier molecular flexibility index (Phi) is 5.33. The van der Waals surface area contributed by atoms with Gasteiger partial charge in [0.2, 0.25) is 10.0 Å². The Hall–Kier alpha value is -2.20. The minimum Gasteiger partial charge on any atom is -0.497 e. The lowest BCUT2D eigenvalue weighted by Gasteiger charge is -2.29. The van der Waals surface area contributed by atoms with Gasteiger partial charge in [0.05, 0.1) is 13.3 Å². The van der Waals surface area contributed by atoms with Crippen LogP contribution in [0, 0.1) is 5.82 Å². The normalized spacial score (nSPS) is 13.7. The fourth-order valence-electron chi connectivity index (χ4n) is 2.23. The zero-order valence-electron chi connectivity index (χ0n) is 13.2. The first-order valence-electron chi connectivity index (χ1n) is 6.86. The maximum Gasteiger partial charge on any atom is 0.409 e. The van der Waals surface area contributed by atoms with E-state index in [9.17, 15) is 26.0 Å². The number of halogens is 4. The molecular formula is C15H14F4N2O3S. The molecule has 1 atom stereocenters. The van der Waals surface area contributed by atoms with Crippen LogP contribution in [0.3, 0.4) is 0 Å². The van der Waals surface area contributed by atoms with E-state index in [0.29, 0.717) is 11.8 Å². The summed E-state index contributed by atoms with van der Waals surface area (Å²) in [5.74, 6) is -0.646. The fraction of sp³-hybridized carbons (Fsp3) is 0.267. The van der Waals surface area contributed by atoms with Gasteiger partial charge in [-0.05, 0) is 23.8 Å². The van der Waals surface area contributed by atoms with Crippen molar-refractivity contribution in [2.45, 2.75) is 17.1 Å². The molecule has 1 heterocycles. The third kappa shape index (κ3) is 4.07. The van der Waals surface area contributed by atoms with Crippen molar-refractivity contribution in [2.75, 3.05) is 14.2 Å². The van der Waals surface area contributed by atoms with Gasteiger partial charge in [0.1, 0.15) is 22.5 Å². The molecule has 0 aliphatic heterocycles. The number of methoxy groups -OCH3 is 1. The first-order chi connectivity index (χ1) is 11.6. The van der Waals surface area contributed by atoms with E-state index in [1.165, 1.54) is 19.2 Å². The van der Waals surface area contributed by atoms with E-state index >= 15 is 0 Å². The fourth-order valence-corrected chi connectivity index (χ4v) is 3.54. The standard InChI is InChI=1S/C15H14F4N2O3S/c1-21(25(22,23)13-7-11(16)8-20-9-13)14(15(17,18)19)10-3-5-12(24-2)6-4-10/h3-9,14H,1-2H3/t14-/m1/s1. The predicted octanol–water partition coefficient (Wildman–Crippen LogP) is 3.15. The van der Waals surface area contributed by atoms with E-state index in [1.54, 1.807) is 0 Å². The highest BCUT2D eigenvalue weighted by molar-refractivity contribution is 7.89. The van der Waals surface area contributed by atoms with Gasteiger partial charge in [0.15, 0.2) is 0 Å². The Labute approximate surface area is 141 Å². The van der Waals surface area contributed by atoms with Crippen LogP contribution in [0.15, 0.2) is 47.6 Å². The molecule has 0 unspecified atom stereocenters. The average molecular weight is 378 g/mol. The Morgan fingerprint density at radius 3 is 2.24 bits per heavy atom. The van der Waals surface area contributed by atoms with Crippen LogP contribution in [0.4, 0.5) is 17.6 Å². The zero-order chi connectivity index (χ0) is 18.8. The molecule has 136 valence electrons. The molecule has 5 nitrogen and oxygen atoms in total. The number of hydrogen-bond donors (Lipinski definition) is 0. The average Bonchev–Trinajstić information content (AvgIpc) is 2.54. The number of nitrogens with zero attached hydrogens (tertiary/aromatic N) is 2. The Balaban J connectivity index is 2.50. The van der Waals surface area contributed by atoms with E-state index in [1.807, 2.05) is 0 Å². The van der Waals surface area contributed by atoms with E-state index < -0.39 is 33.0 Å². The van der Waals surface area contributed by atoms with E-state index in [2.05, 4.69) is 4.98 Å². The lowest BCUT2D eigenvalue weighted by molar-refractivity contribution is -0.171. The van der Waals surface area contributed by atoms with Crippen LogP contribution in [0.5, 0.6) is 5.75 Å². The second kappa shape index (κ2) is 6.96. The quantitative estimate of drug-likeness (QED) is 0.750. The van der Waals surface area contributed by atoms with Crippen LogP contribution < -0.4 is 4.74 Å². The second-order valence-corrected chi connectivity index (χ2v) is 7.07. The highest BCUT2D eigenvalue weighted by Gasteiger charge is 2.47. The van der Waals surface area contributed by atoms with Crippen molar-refractivity contribution < 1.29 is 30.7 Å². The van der Waals surface area contributed by atoms with Gasteiger partial charge in [-0.15, -0.1) is 0 Å². The number of pyridine rings is 1. The minimum absolute atomic E-state index is 0.144. The van der Waals surface area contributed by atoms with E-state index in [0.717, 1.165) is 31.6 Å². The van der Waals surface area contributed by atoms with E-state index in [-0.39, 0.29) is 9.87 Å². The molecule has 25 heavy (non-hydrogen) atoms. The molecule has 2 aromatic rings. The van der Waals surface area contributed by atoms with Gasteiger partial charge in [-0.25, -0.2) is 12.8 Å². The molecule has 1 aromatic heterocycles. The SMILES string of the molecule is COc1ccc([C@@H](N(C)S(=O)(=O)c2cncc(F)c2)C(F)(F)F)cc1. The number of alkyl halides is 3. The van der Waals surface area contributed by atoms with Crippen molar-refractivity contribution in [3.8, 4) is 5.75 Å². The van der Waals surface area contributed by atoms with Gasteiger partial charge in [-0.1, -0.05) is 12.1 Å². The highest BCUT2D eigenvalue weighted by atomic mass is 32.2. The summed E-state index contributed by atoms with van der Waals surface area (Å²) in [5.41, 5.74) is -0.302. The molecule has 0 fully saturated rings. The molecule has 0 N–H and O–H groups in total. The molecule has 1 aromatic carbocycles. The highest BCUT2D eigenvalue weighted by Crippen LogP contribution is 2.40. The summed E-state index contributed by atoms with van der Waals surface area (Å²) < 4.78 is 83.8. The molecule has 0 spiro atoms. The topological polar surface area (TPSA) is 59.5 Å². The minimum atomic E-state index is -4.89. The number of rotatable bonds is 5. The van der Waals surface area contributed by atoms with Crippen LogP contribution in [-0.2, 0) is 10.0 Å². The monoisotopic (exact) mass is 378 g/mol. The molecule has 0 radical (unpaired) electrons. The van der Waals surface area contributed by atoms with Crippen molar-refractivity contribution >= 4 is 10.0 Å². The van der Waals surface area contributed by atoms with Crippen molar-refractivity contribution in [3.63, 3.8) is 0 Å². The molecule has 0 saturated heterocycles. The van der Waals surface area contributed by atoms with Crippen LogP contribution in [-0.4, -0.2) is 38.0 Å². The lowest BCUT2D eigenvalue weighted by atomic mass is 10.1. The number of aromatic nitrogens is 1. The lowest BCUT2D eigenvalue weighted by Crippen LogP contribution is -2.39. The van der Waals surface area contributed by atoms with Crippen LogP contribution in [0.25, 0.3) is 0 Å². The maximum absolute atomic E-state index is 13.5. The third-order valence-corrected chi connectivity index (χ3v) is 5.25. The van der Waals surface area contributed by atoms with Gasteiger partial charge in [-0.2, -0.15) is 17.5 Å². The smallest absolute Gasteiger partial charge is 0.409 e. The summed E-state index contributed by atoms with van der Waals surface area (Å²) in [5, 5.41) is 0. The van der Waals surface area contributed by atoms with Gasteiger partial charge < -0.3 is 4.74 Å². The number of sulfonamides is 1. The molecule has 0 saturated carbocycles. The summed E-state index contributed by atoms with van der Waals surface area (Å²) in [6, 6.07) is 2.97. The summed E-state index contributed by atoms with van der Waals surface area (Å²) >= 11 is 0. The van der Waals surface area contributed by atoms with Crippen molar-refractivity contribution in [3.05, 3.63) is 54.1 Å². The van der Waals surface area contributed by atoms with Crippen molar-refractivity contribution in [1.29, 1.82) is 0 Å². The molecule has 0 aliphatic carbocycles. The van der Waals surface area contributed by atoms with Crippen LogP contribution in [0.1, 0.15) is 11.6 Å². The third-order valence-electron chi connectivity index (χ3n) is 3.46. The summed E-state index contributed by atoms with van der Waals surface area (Å²) in [6.45, 7) is 0. The number of hydrogen-bond acceptors (Lipinski definition) is 4. The molecule has 0 aliphatic rings. The molecule has 0 amide bonds. The van der Waals surface area contributed by atoms with Gasteiger partial charge in [0.25, 0.3) is 0 Å². The van der Waals surface area contributed by atoms with E-state index in [4.69, 9.17) is 4.74 Å². The van der Waals surface area contributed by atoms with Gasteiger partial charge in [-0.3, -0.25) is 4.98 Å². The number of ether oxygens (including phenoxy) is 1. The summed E-state index contributed by atoms with van der Waals surface area (Å²) in [7, 11) is -2.50. The first-order valence-corrected chi connectivity index (χ1v) is 8.30. The Morgan fingerprint density at radius 2 is 1.76 bits per heavy atom. The Morgan fingerprint density at radius 1 is 1.16 bits per heavy atom. The number of benzene rings is 1. The maximum atomic E-state index is 13.5. The van der Waals surface area contributed by atoms with Crippen molar-refractivity contribution in [1.82, 2.24) is 9.29 Å². The largest absolute Gasteiger partial charge is 0.497 e.